The van der Waals surface area contributed by atoms with Crippen molar-refractivity contribution >= 4 is 29.3 Å². The van der Waals surface area contributed by atoms with Gasteiger partial charge in [-0.05, 0) is 89.2 Å². The lowest BCUT2D eigenvalue weighted by atomic mass is 9.56. The van der Waals surface area contributed by atoms with Crippen LogP contribution in [0.2, 0.25) is 10.0 Å². The highest BCUT2D eigenvalue weighted by Gasteiger charge is 2.47. The molecule has 0 unspecified atom stereocenters. The fraction of sp³-hybridized carbons (Fsp3) is 0.615. The molecule has 1 aromatic carbocycles. The third-order valence-corrected chi connectivity index (χ3v) is 8.01. The molecule has 1 saturated heterocycles. The maximum atomic E-state index is 12.4. The maximum absolute atomic E-state index is 12.4. The molecule has 2 aliphatic carbocycles. The molecule has 2 heterocycles. The molecular formula is C26H32Cl2N2O3. The summed E-state index contributed by atoms with van der Waals surface area (Å²) in [5.41, 5.74) is 2.69. The summed E-state index contributed by atoms with van der Waals surface area (Å²) in [5.74, 6) is 2.10. The second-order valence-corrected chi connectivity index (χ2v) is 12.0. The third-order valence-electron chi connectivity index (χ3n) is 7.38. The highest BCUT2D eigenvalue weighted by Crippen LogP contribution is 2.55. The van der Waals surface area contributed by atoms with Crippen LogP contribution < -0.4 is 0 Å². The van der Waals surface area contributed by atoms with Crippen molar-refractivity contribution in [1.82, 2.24) is 10.1 Å². The van der Waals surface area contributed by atoms with E-state index >= 15 is 0 Å². The van der Waals surface area contributed by atoms with Gasteiger partial charge in [0.05, 0.1) is 10.0 Å². The molecule has 0 bridgehead atoms. The Balaban J connectivity index is 1.25. The lowest BCUT2D eigenvalue weighted by Gasteiger charge is -2.52. The van der Waals surface area contributed by atoms with Gasteiger partial charge in [0.15, 0.2) is 0 Å². The summed E-state index contributed by atoms with van der Waals surface area (Å²) in [4.78, 5) is 14.3. The average Bonchev–Trinajstić information content (AvgIpc) is 3.48. The van der Waals surface area contributed by atoms with Crippen molar-refractivity contribution in [3.63, 3.8) is 0 Å². The summed E-state index contributed by atoms with van der Waals surface area (Å²) in [6.07, 6.45) is 7.54. The van der Waals surface area contributed by atoms with Crippen LogP contribution in [0.5, 0.6) is 0 Å². The van der Waals surface area contributed by atoms with E-state index in [1.807, 2.05) is 43.9 Å². The van der Waals surface area contributed by atoms with Crippen molar-refractivity contribution in [3.8, 4) is 11.3 Å². The molecule has 0 N–H and O–H groups in total. The van der Waals surface area contributed by atoms with E-state index in [0.29, 0.717) is 27.3 Å². The highest BCUT2D eigenvalue weighted by atomic mass is 35.5. The van der Waals surface area contributed by atoms with E-state index in [1.165, 1.54) is 18.4 Å². The van der Waals surface area contributed by atoms with E-state index in [2.05, 4.69) is 5.16 Å². The number of benzene rings is 1. The normalized spacial score (nSPS) is 20.7. The predicted molar refractivity (Wildman–Crippen MR) is 130 cm³/mol. The van der Waals surface area contributed by atoms with E-state index in [4.69, 9.17) is 32.5 Å². The molecule has 3 fully saturated rings. The van der Waals surface area contributed by atoms with Crippen molar-refractivity contribution in [3.05, 3.63) is 39.6 Å². The Labute approximate surface area is 205 Å². The van der Waals surface area contributed by atoms with Gasteiger partial charge < -0.3 is 14.2 Å². The average molecular weight is 491 g/mol. The molecule has 1 spiro atoms. The Morgan fingerprint density at radius 2 is 1.82 bits per heavy atom. The van der Waals surface area contributed by atoms with Crippen LogP contribution >= 0.6 is 23.2 Å². The van der Waals surface area contributed by atoms with Gasteiger partial charge in [0.25, 0.3) is 0 Å². The first kappa shape index (κ1) is 23.0. The minimum Gasteiger partial charge on any atom is -0.444 e. The monoisotopic (exact) mass is 490 g/mol. The van der Waals surface area contributed by atoms with Gasteiger partial charge in [0, 0.05) is 30.1 Å². The first-order valence-electron chi connectivity index (χ1n) is 12.0. The quantitative estimate of drug-likeness (QED) is 0.445. The fourth-order valence-corrected chi connectivity index (χ4v) is 6.18. The predicted octanol–water partition coefficient (Wildman–Crippen LogP) is 7.50. The third kappa shape index (κ3) is 4.77. The highest BCUT2D eigenvalue weighted by molar-refractivity contribution is 6.39. The summed E-state index contributed by atoms with van der Waals surface area (Å²) in [5, 5.41) is 5.66. The molecule has 178 valence electrons. The Bertz CT molecular complexity index is 1020. The molecule has 5 nitrogen and oxygen atoms in total. The molecule has 1 aromatic heterocycles. The zero-order chi connectivity index (χ0) is 23.4. The number of halogens is 2. The topological polar surface area (TPSA) is 55.6 Å². The van der Waals surface area contributed by atoms with Crippen molar-refractivity contribution in [2.75, 3.05) is 13.1 Å². The van der Waals surface area contributed by atoms with Crippen LogP contribution in [0, 0.1) is 11.3 Å². The molecule has 2 saturated carbocycles. The fourth-order valence-electron chi connectivity index (χ4n) is 5.60. The number of aromatic nitrogens is 1. The summed E-state index contributed by atoms with van der Waals surface area (Å²) in [6, 6.07) is 5.57. The van der Waals surface area contributed by atoms with Gasteiger partial charge in [-0.1, -0.05) is 34.4 Å². The van der Waals surface area contributed by atoms with Gasteiger partial charge in [-0.3, -0.25) is 0 Å². The van der Waals surface area contributed by atoms with Gasteiger partial charge >= 0.3 is 6.09 Å². The number of amides is 1. The van der Waals surface area contributed by atoms with Crippen LogP contribution in [0.4, 0.5) is 4.79 Å². The summed E-state index contributed by atoms with van der Waals surface area (Å²) < 4.78 is 11.4. The smallest absolute Gasteiger partial charge is 0.410 e. The van der Waals surface area contributed by atoms with E-state index in [0.717, 1.165) is 62.2 Å². The van der Waals surface area contributed by atoms with E-state index in [9.17, 15) is 4.79 Å². The zero-order valence-corrected chi connectivity index (χ0v) is 21.1. The largest absolute Gasteiger partial charge is 0.444 e. The first-order chi connectivity index (χ1) is 15.6. The number of carbonyl (C=O) groups excluding carboxylic acids is 1. The molecule has 2 aromatic rings. The molecule has 3 aliphatic rings. The molecule has 7 heteroatoms. The van der Waals surface area contributed by atoms with Gasteiger partial charge in [-0.2, -0.15) is 0 Å². The van der Waals surface area contributed by atoms with Gasteiger partial charge in [0.2, 0.25) is 0 Å². The second kappa shape index (κ2) is 8.49. The molecule has 1 amide bonds. The van der Waals surface area contributed by atoms with Crippen LogP contribution in [-0.4, -0.2) is 34.8 Å². The number of ether oxygens (including phenoxy) is 1. The van der Waals surface area contributed by atoms with Crippen molar-refractivity contribution in [1.29, 1.82) is 0 Å². The molecule has 0 atom stereocenters. The number of hydrogen-bond donors (Lipinski definition) is 0. The Morgan fingerprint density at radius 3 is 2.39 bits per heavy atom. The SMILES string of the molecule is CC(C)(C)OC(=O)N1CCC2(CC1)CC(Cc1c(-c3c(Cl)cccc3Cl)noc1C1CC1)C2. The first-order valence-corrected chi connectivity index (χ1v) is 12.8. The molecule has 5 rings (SSSR count). The van der Waals surface area contributed by atoms with Gasteiger partial charge in [-0.25, -0.2) is 4.79 Å². The van der Waals surface area contributed by atoms with Crippen LogP contribution in [0.3, 0.4) is 0 Å². The Morgan fingerprint density at radius 1 is 1.18 bits per heavy atom. The zero-order valence-electron chi connectivity index (χ0n) is 19.6. The maximum Gasteiger partial charge on any atom is 0.410 e. The number of piperidine rings is 1. The number of likely N-dealkylation sites (tertiary alicyclic amines) is 1. The van der Waals surface area contributed by atoms with Gasteiger partial charge in [0.1, 0.15) is 17.1 Å². The van der Waals surface area contributed by atoms with Gasteiger partial charge in [-0.15, -0.1) is 0 Å². The lowest BCUT2D eigenvalue weighted by molar-refractivity contribution is -0.0270. The minimum atomic E-state index is -0.450. The molecule has 1 aliphatic heterocycles. The summed E-state index contributed by atoms with van der Waals surface area (Å²) in [6.45, 7) is 7.30. The van der Waals surface area contributed by atoms with Crippen LogP contribution in [-0.2, 0) is 11.2 Å². The second-order valence-electron chi connectivity index (χ2n) is 11.2. The Hall–Kier alpha value is -1.72. The molecule has 0 radical (unpaired) electrons. The van der Waals surface area contributed by atoms with E-state index in [1.54, 1.807) is 0 Å². The Kier molecular flexibility index (Phi) is 5.93. The number of hydrogen-bond acceptors (Lipinski definition) is 4. The lowest BCUT2D eigenvalue weighted by Crippen LogP contribution is -2.50. The standard InChI is InChI=1S/C26H32Cl2N2O3/c1-25(2,3)32-24(31)30-11-9-26(10-12-30)14-16(15-26)13-18-22(29-33-23(18)17-7-8-17)21-19(27)5-4-6-20(21)28/h4-6,16-17H,7-15H2,1-3H3. The van der Waals surface area contributed by atoms with E-state index in [-0.39, 0.29) is 6.09 Å². The number of carbonyl (C=O) groups is 1. The van der Waals surface area contributed by atoms with Crippen LogP contribution in [0.1, 0.15) is 76.5 Å². The van der Waals surface area contributed by atoms with Crippen molar-refractivity contribution < 1.29 is 14.1 Å². The molecular weight excluding hydrogens is 459 g/mol. The van der Waals surface area contributed by atoms with Crippen LogP contribution in [0.15, 0.2) is 22.7 Å². The number of rotatable bonds is 4. The van der Waals surface area contributed by atoms with Crippen molar-refractivity contribution in [2.24, 2.45) is 11.3 Å². The van der Waals surface area contributed by atoms with E-state index < -0.39 is 5.60 Å². The summed E-state index contributed by atoms with van der Waals surface area (Å²) in [7, 11) is 0. The minimum absolute atomic E-state index is 0.187. The summed E-state index contributed by atoms with van der Waals surface area (Å²) >= 11 is 13.0. The number of nitrogens with zero attached hydrogens (tertiary/aromatic N) is 2. The van der Waals surface area contributed by atoms with Crippen LogP contribution in [0.25, 0.3) is 11.3 Å². The molecule has 33 heavy (non-hydrogen) atoms. The van der Waals surface area contributed by atoms with Crippen molar-refractivity contribution in [2.45, 2.75) is 77.2 Å².